The number of ether oxygens (including phenoxy) is 2. The number of amides is 1. The third-order valence-electron chi connectivity index (χ3n) is 6.13. The van der Waals surface area contributed by atoms with E-state index in [0.717, 1.165) is 41.1 Å². The number of alkyl carbamates (subject to hydrolysis) is 1. The van der Waals surface area contributed by atoms with E-state index in [1.165, 1.54) is 6.07 Å². The zero-order chi connectivity index (χ0) is 26.6. The van der Waals surface area contributed by atoms with Crippen molar-refractivity contribution in [2.24, 2.45) is 5.92 Å². The molecule has 1 amide bonds. The molecule has 1 aromatic heterocycles. The average Bonchev–Trinajstić information content (AvgIpc) is 2.82. The van der Waals surface area contributed by atoms with Crippen LogP contribution in [0.25, 0.3) is 5.57 Å². The van der Waals surface area contributed by atoms with Crippen molar-refractivity contribution in [2.75, 3.05) is 24.7 Å². The van der Waals surface area contributed by atoms with Gasteiger partial charge in [0.05, 0.1) is 24.9 Å². The van der Waals surface area contributed by atoms with Crippen molar-refractivity contribution in [3.8, 4) is 0 Å². The first-order valence-electron chi connectivity index (χ1n) is 12.6. The standard InChI is InChI=1S/C28H35FN4O3S/c1-18-14-20(31-27(34)36-28(3,4)5)10-11-22(18)26-30-21(17-37-24-9-7-6-8-23(24)29)15-25(32-26)33-12-13-35-16-19(33)2/h6-11,15,18-19H,12-14,16-17H2,1-5H3,(H,31,34)/p+1/t18?,19-/m0/s1. The van der Waals surface area contributed by atoms with E-state index in [1.54, 1.807) is 12.1 Å². The Morgan fingerprint density at radius 3 is 2.73 bits per heavy atom. The Morgan fingerprint density at radius 2 is 2.03 bits per heavy atom. The van der Waals surface area contributed by atoms with Crippen LogP contribution in [-0.2, 0) is 27.0 Å². The first-order valence-corrected chi connectivity index (χ1v) is 13.7. The highest BCUT2D eigenvalue weighted by molar-refractivity contribution is 7.77. The molecule has 2 aromatic rings. The molecule has 1 unspecified atom stereocenters. The van der Waals surface area contributed by atoms with Gasteiger partial charge < -0.3 is 14.4 Å². The molecular weight excluding hydrogens is 491 g/mol. The molecule has 1 fully saturated rings. The monoisotopic (exact) mass is 527 g/mol. The van der Waals surface area contributed by atoms with E-state index in [1.807, 2.05) is 45.1 Å². The number of benzene rings is 1. The molecule has 37 heavy (non-hydrogen) atoms. The number of carbonyl (C=O) groups excluding carboxylic acids is 1. The van der Waals surface area contributed by atoms with Gasteiger partial charge in [-0.25, -0.2) is 19.2 Å². The van der Waals surface area contributed by atoms with Gasteiger partial charge in [0.2, 0.25) is 0 Å². The van der Waals surface area contributed by atoms with E-state index in [2.05, 4.69) is 24.1 Å². The second kappa shape index (κ2) is 11.6. The SMILES string of the molecule is CC1CC(NC(=O)OC(C)(C)C)=CC=C1c1nc(C[SH+]c2ccccc2F)cc(N2CCOC[C@@H]2C)n1. The number of morpholine rings is 1. The van der Waals surface area contributed by atoms with Crippen LogP contribution in [-0.4, -0.2) is 47.5 Å². The van der Waals surface area contributed by atoms with Gasteiger partial charge in [0, 0.05) is 35.6 Å². The summed E-state index contributed by atoms with van der Waals surface area (Å²) in [5.74, 6) is 1.97. The van der Waals surface area contributed by atoms with Gasteiger partial charge in [-0.2, -0.15) is 0 Å². The van der Waals surface area contributed by atoms with Crippen LogP contribution in [0, 0.1) is 11.7 Å². The number of hydrogen-bond acceptors (Lipinski definition) is 6. The predicted octanol–water partition coefficient (Wildman–Crippen LogP) is 5.05. The molecule has 1 aliphatic heterocycles. The van der Waals surface area contributed by atoms with Gasteiger partial charge in [-0.1, -0.05) is 25.1 Å². The lowest BCUT2D eigenvalue weighted by Crippen LogP contribution is -2.44. The van der Waals surface area contributed by atoms with Gasteiger partial charge in [-0.15, -0.1) is 0 Å². The molecule has 1 saturated heterocycles. The summed E-state index contributed by atoms with van der Waals surface area (Å²) in [6, 6.07) is 9.04. The first kappa shape index (κ1) is 27.1. The van der Waals surface area contributed by atoms with Gasteiger partial charge in [0.15, 0.2) is 22.3 Å². The van der Waals surface area contributed by atoms with Crippen LogP contribution in [0.2, 0.25) is 0 Å². The van der Waals surface area contributed by atoms with Crippen LogP contribution < -0.4 is 10.2 Å². The molecule has 4 rings (SSSR count). The summed E-state index contributed by atoms with van der Waals surface area (Å²) >= 11 is 0.844. The summed E-state index contributed by atoms with van der Waals surface area (Å²) in [5, 5.41) is 2.86. The van der Waals surface area contributed by atoms with Gasteiger partial charge in [0.1, 0.15) is 11.4 Å². The number of carbonyl (C=O) groups is 1. The Balaban J connectivity index is 1.61. The second-order valence-corrected chi connectivity index (χ2v) is 11.6. The van der Waals surface area contributed by atoms with Gasteiger partial charge in [-0.3, -0.25) is 5.32 Å². The fourth-order valence-corrected chi connectivity index (χ4v) is 5.25. The lowest BCUT2D eigenvalue weighted by Gasteiger charge is -2.34. The molecule has 7 nitrogen and oxygen atoms in total. The molecule has 1 N–H and O–H groups in total. The number of anilines is 1. The van der Waals surface area contributed by atoms with E-state index in [-0.39, 0.29) is 17.8 Å². The lowest BCUT2D eigenvalue weighted by molar-refractivity contribution is 0.0543. The molecule has 0 saturated carbocycles. The normalized spacial score (nSPS) is 20.2. The molecule has 1 aromatic carbocycles. The Bertz CT molecular complexity index is 1190. The topological polar surface area (TPSA) is 76.6 Å². The van der Waals surface area contributed by atoms with Crippen LogP contribution >= 0.6 is 0 Å². The fourth-order valence-electron chi connectivity index (χ4n) is 4.34. The molecule has 0 spiro atoms. The largest absolute Gasteiger partial charge is 0.444 e. The molecule has 1 aliphatic carbocycles. The van der Waals surface area contributed by atoms with Crippen LogP contribution in [0.15, 0.2) is 53.1 Å². The van der Waals surface area contributed by atoms with Gasteiger partial charge >= 0.3 is 6.09 Å². The minimum Gasteiger partial charge on any atom is -0.444 e. The summed E-state index contributed by atoms with van der Waals surface area (Å²) in [5.41, 5.74) is 2.09. The summed E-state index contributed by atoms with van der Waals surface area (Å²) in [6.45, 7) is 11.8. The van der Waals surface area contributed by atoms with E-state index >= 15 is 0 Å². The average molecular weight is 528 g/mol. The smallest absolute Gasteiger partial charge is 0.411 e. The molecular formula is C28H36FN4O3S+. The highest BCUT2D eigenvalue weighted by atomic mass is 32.2. The van der Waals surface area contributed by atoms with Crippen molar-refractivity contribution in [2.45, 2.75) is 63.3 Å². The Kier molecular flexibility index (Phi) is 8.54. The van der Waals surface area contributed by atoms with Crippen molar-refractivity contribution in [1.29, 1.82) is 0 Å². The fraction of sp³-hybridized carbons (Fsp3) is 0.464. The number of thiol groups is 1. The van der Waals surface area contributed by atoms with Crippen molar-refractivity contribution < 1.29 is 18.7 Å². The van der Waals surface area contributed by atoms with Crippen LogP contribution in [0.1, 0.15) is 52.6 Å². The number of allylic oxidation sites excluding steroid dienone is 4. The maximum Gasteiger partial charge on any atom is 0.411 e. The number of aromatic nitrogens is 2. The minimum absolute atomic E-state index is 0.0873. The zero-order valence-corrected chi connectivity index (χ0v) is 23.0. The van der Waals surface area contributed by atoms with E-state index < -0.39 is 11.7 Å². The highest BCUT2D eigenvalue weighted by Gasteiger charge is 2.26. The van der Waals surface area contributed by atoms with Gasteiger partial charge in [0.25, 0.3) is 0 Å². The lowest BCUT2D eigenvalue weighted by atomic mass is 9.90. The maximum absolute atomic E-state index is 14.2. The van der Waals surface area contributed by atoms with Crippen molar-refractivity contribution in [3.63, 3.8) is 0 Å². The third-order valence-corrected chi connectivity index (χ3v) is 7.32. The molecule has 0 radical (unpaired) electrons. The molecule has 198 valence electrons. The second-order valence-electron chi connectivity index (χ2n) is 10.5. The number of rotatable bonds is 6. The summed E-state index contributed by atoms with van der Waals surface area (Å²) < 4.78 is 25.3. The highest BCUT2D eigenvalue weighted by Crippen LogP contribution is 2.32. The maximum atomic E-state index is 14.2. The van der Waals surface area contributed by atoms with E-state index in [4.69, 9.17) is 19.4 Å². The Morgan fingerprint density at radius 1 is 1.24 bits per heavy atom. The molecule has 0 bridgehead atoms. The van der Waals surface area contributed by atoms with Gasteiger partial charge in [-0.05, 0) is 58.2 Å². The summed E-state index contributed by atoms with van der Waals surface area (Å²) in [7, 11) is 0. The zero-order valence-electron chi connectivity index (χ0n) is 22.1. The van der Waals surface area contributed by atoms with E-state index in [9.17, 15) is 9.18 Å². The molecule has 2 atom stereocenters. The summed E-state index contributed by atoms with van der Waals surface area (Å²) in [4.78, 5) is 25.0. The molecule has 9 heteroatoms. The first-order chi connectivity index (χ1) is 17.6. The van der Waals surface area contributed by atoms with Crippen LogP contribution in [0.4, 0.5) is 15.0 Å². The third kappa shape index (κ3) is 7.32. The Hall–Kier alpha value is -2.91. The van der Waals surface area contributed by atoms with E-state index in [0.29, 0.717) is 36.1 Å². The predicted molar refractivity (Wildman–Crippen MR) is 146 cm³/mol. The Labute approximate surface area is 222 Å². The van der Waals surface area contributed by atoms with Crippen LogP contribution in [0.3, 0.4) is 0 Å². The molecule has 2 heterocycles. The quantitative estimate of drug-likeness (QED) is 0.419. The van der Waals surface area contributed by atoms with Crippen LogP contribution in [0.5, 0.6) is 0 Å². The minimum atomic E-state index is -0.560. The van der Waals surface area contributed by atoms with Crippen molar-refractivity contribution >= 4 is 29.2 Å². The van der Waals surface area contributed by atoms with Crippen molar-refractivity contribution in [3.05, 3.63) is 65.5 Å². The van der Waals surface area contributed by atoms with Crippen molar-refractivity contribution in [1.82, 2.24) is 15.3 Å². The number of nitrogens with zero attached hydrogens (tertiary/aromatic N) is 3. The molecule has 2 aliphatic rings. The number of halogens is 1. The number of hydrogen-bond donors (Lipinski definition) is 1. The summed E-state index contributed by atoms with van der Waals surface area (Å²) in [6.07, 6.45) is 4.04. The number of nitrogens with one attached hydrogen (secondary N) is 1.